The van der Waals surface area contributed by atoms with Gasteiger partial charge in [0.1, 0.15) is 5.75 Å². The molecule has 5 nitrogen and oxygen atoms in total. The second kappa shape index (κ2) is 14.2. The van der Waals surface area contributed by atoms with E-state index in [1.807, 2.05) is 24.3 Å². The molecule has 1 rings (SSSR count). The third-order valence-electron chi connectivity index (χ3n) is 3.82. The van der Waals surface area contributed by atoms with E-state index in [1.54, 1.807) is 7.11 Å². The Balaban J connectivity index is 0.00000576. The summed E-state index contributed by atoms with van der Waals surface area (Å²) in [5.41, 5.74) is 1.14. The van der Waals surface area contributed by atoms with Crippen molar-refractivity contribution in [2.24, 2.45) is 16.8 Å². The molecule has 0 amide bonds. The van der Waals surface area contributed by atoms with Crippen LogP contribution in [-0.2, 0) is 6.54 Å². The fraction of sp³-hybridized carbons (Fsp3) is 0.632. The molecule has 1 unspecified atom stereocenters. The first-order valence-electron chi connectivity index (χ1n) is 8.85. The van der Waals surface area contributed by atoms with Crippen LogP contribution in [-0.4, -0.2) is 37.9 Å². The van der Waals surface area contributed by atoms with E-state index < -0.39 is 0 Å². The zero-order valence-corrected chi connectivity index (χ0v) is 18.2. The van der Waals surface area contributed by atoms with E-state index in [1.165, 1.54) is 0 Å². The molecule has 0 aliphatic carbocycles. The fourth-order valence-electron chi connectivity index (χ4n) is 2.64. The van der Waals surface area contributed by atoms with Crippen molar-refractivity contribution in [3.05, 3.63) is 29.8 Å². The highest BCUT2D eigenvalue weighted by Gasteiger charge is 2.11. The SMILES string of the molecule is CCNC(=NCc1ccc(OC)cc1)NCC(CCO)CC(C)C.I. The Hall–Kier alpha value is -1.02. The molecule has 0 fully saturated rings. The number of aliphatic hydroxyl groups excluding tert-OH is 1. The number of nitrogens with one attached hydrogen (secondary N) is 2. The van der Waals surface area contributed by atoms with Crippen molar-refractivity contribution in [2.45, 2.75) is 40.2 Å². The molecule has 0 spiro atoms. The van der Waals surface area contributed by atoms with Gasteiger partial charge in [-0.25, -0.2) is 4.99 Å². The number of aliphatic hydroxyl groups is 1. The highest BCUT2D eigenvalue weighted by Crippen LogP contribution is 2.14. The number of hydrogen-bond acceptors (Lipinski definition) is 3. The Kier molecular flexibility index (Phi) is 13.6. The molecular formula is C19H34IN3O2. The number of benzene rings is 1. The molecule has 0 saturated heterocycles. The smallest absolute Gasteiger partial charge is 0.191 e. The lowest BCUT2D eigenvalue weighted by atomic mass is 9.94. The van der Waals surface area contributed by atoms with Crippen molar-refractivity contribution >= 4 is 29.9 Å². The van der Waals surface area contributed by atoms with Crippen molar-refractivity contribution in [3.63, 3.8) is 0 Å². The molecule has 3 N–H and O–H groups in total. The number of methoxy groups -OCH3 is 1. The summed E-state index contributed by atoms with van der Waals surface area (Å²) < 4.78 is 5.17. The predicted octanol–water partition coefficient (Wildman–Crippen LogP) is 3.41. The summed E-state index contributed by atoms with van der Waals surface area (Å²) in [4.78, 5) is 4.64. The van der Waals surface area contributed by atoms with Gasteiger partial charge in [-0.05, 0) is 49.3 Å². The summed E-state index contributed by atoms with van der Waals surface area (Å²) >= 11 is 0. The number of hydrogen-bond donors (Lipinski definition) is 3. The fourth-order valence-corrected chi connectivity index (χ4v) is 2.64. The van der Waals surface area contributed by atoms with E-state index in [2.05, 4.69) is 36.4 Å². The van der Waals surface area contributed by atoms with Gasteiger partial charge < -0.3 is 20.5 Å². The van der Waals surface area contributed by atoms with Gasteiger partial charge in [-0.1, -0.05) is 26.0 Å². The van der Waals surface area contributed by atoms with E-state index in [0.29, 0.717) is 18.4 Å². The second-order valence-corrected chi connectivity index (χ2v) is 6.43. The van der Waals surface area contributed by atoms with Gasteiger partial charge in [0.15, 0.2) is 5.96 Å². The zero-order chi connectivity index (χ0) is 17.8. The van der Waals surface area contributed by atoms with Gasteiger partial charge in [-0.15, -0.1) is 24.0 Å². The van der Waals surface area contributed by atoms with Gasteiger partial charge in [0.25, 0.3) is 0 Å². The van der Waals surface area contributed by atoms with E-state index in [0.717, 1.165) is 43.2 Å². The molecule has 0 aromatic heterocycles. The zero-order valence-electron chi connectivity index (χ0n) is 15.9. The summed E-state index contributed by atoms with van der Waals surface area (Å²) in [5.74, 6) is 2.76. The molecule has 1 aromatic carbocycles. The Labute approximate surface area is 169 Å². The average molecular weight is 463 g/mol. The van der Waals surface area contributed by atoms with Crippen LogP contribution < -0.4 is 15.4 Å². The Morgan fingerprint density at radius 3 is 2.40 bits per heavy atom. The van der Waals surface area contributed by atoms with Crippen LogP contribution >= 0.6 is 24.0 Å². The standard InChI is InChI=1S/C19H33N3O2.HI/c1-5-20-19(22-14-17(10-11-23)12-15(2)3)21-13-16-6-8-18(24-4)9-7-16;/h6-9,15,17,23H,5,10-14H2,1-4H3,(H2,20,21,22);1H. The second-order valence-electron chi connectivity index (χ2n) is 6.43. The van der Waals surface area contributed by atoms with Crippen molar-refractivity contribution in [1.29, 1.82) is 0 Å². The molecule has 144 valence electrons. The van der Waals surface area contributed by atoms with Gasteiger partial charge in [0.2, 0.25) is 0 Å². The van der Waals surface area contributed by atoms with Crippen molar-refractivity contribution in [3.8, 4) is 5.75 Å². The first-order valence-corrected chi connectivity index (χ1v) is 8.85. The summed E-state index contributed by atoms with van der Waals surface area (Å²) in [7, 11) is 1.67. The van der Waals surface area contributed by atoms with E-state index in [4.69, 9.17) is 4.74 Å². The summed E-state index contributed by atoms with van der Waals surface area (Å²) in [6.45, 7) is 8.99. The monoisotopic (exact) mass is 463 g/mol. The maximum atomic E-state index is 9.23. The van der Waals surface area contributed by atoms with Crippen LogP contribution in [0.1, 0.15) is 39.2 Å². The lowest BCUT2D eigenvalue weighted by Crippen LogP contribution is -2.40. The van der Waals surface area contributed by atoms with Crippen LogP contribution in [0.2, 0.25) is 0 Å². The maximum absolute atomic E-state index is 9.23. The molecule has 0 bridgehead atoms. The Bertz CT molecular complexity index is 478. The number of rotatable bonds is 10. The number of guanidine groups is 1. The third kappa shape index (κ3) is 10.5. The van der Waals surface area contributed by atoms with Crippen LogP contribution in [0.4, 0.5) is 0 Å². The van der Waals surface area contributed by atoms with Crippen LogP contribution in [0, 0.1) is 11.8 Å². The van der Waals surface area contributed by atoms with E-state index in [9.17, 15) is 5.11 Å². The lowest BCUT2D eigenvalue weighted by Gasteiger charge is -2.20. The van der Waals surface area contributed by atoms with Crippen molar-refractivity contribution in [2.75, 3.05) is 26.8 Å². The maximum Gasteiger partial charge on any atom is 0.191 e. The minimum atomic E-state index is 0. The highest BCUT2D eigenvalue weighted by molar-refractivity contribution is 14.0. The quantitative estimate of drug-likeness (QED) is 0.283. The minimum Gasteiger partial charge on any atom is -0.497 e. The van der Waals surface area contributed by atoms with E-state index in [-0.39, 0.29) is 30.6 Å². The first kappa shape index (κ1) is 24.0. The number of halogens is 1. The molecule has 6 heteroatoms. The molecule has 0 radical (unpaired) electrons. The molecule has 0 saturated carbocycles. The van der Waals surface area contributed by atoms with E-state index >= 15 is 0 Å². The number of aliphatic imine (C=N–C) groups is 1. The molecule has 1 atom stereocenters. The first-order chi connectivity index (χ1) is 11.6. The van der Waals surface area contributed by atoms with Gasteiger partial charge in [-0.3, -0.25) is 0 Å². The van der Waals surface area contributed by atoms with Gasteiger partial charge in [0.05, 0.1) is 13.7 Å². The van der Waals surface area contributed by atoms with Crippen molar-refractivity contribution in [1.82, 2.24) is 10.6 Å². The normalized spacial score (nSPS) is 12.5. The summed E-state index contributed by atoms with van der Waals surface area (Å²) in [6, 6.07) is 7.95. The minimum absolute atomic E-state index is 0. The average Bonchev–Trinajstić information content (AvgIpc) is 2.57. The van der Waals surface area contributed by atoms with Gasteiger partial charge in [0, 0.05) is 19.7 Å². The third-order valence-corrected chi connectivity index (χ3v) is 3.82. The summed E-state index contributed by atoms with van der Waals surface area (Å²) in [6.07, 6.45) is 1.93. The molecule has 0 aliphatic rings. The van der Waals surface area contributed by atoms with Crippen LogP contribution in [0.25, 0.3) is 0 Å². The van der Waals surface area contributed by atoms with Crippen molar-refractivity contribution < 1.29 is 9.84 Å². The van der Waals surface area contributed by atoms with Crippen LogP contribution in [0.15, 0.2) is 29.3 Å². The lowest BCUT2D eigenvalue weighted by molar-refractivity contribution is 0.243. The predicted molar refractivity (Wildman–Crippen MR) is 116 cm³/mol. The Morgan fingerprint density at radius 1 is 1.20 bits per heavy atom. The molecule has 0 heterocycles. The van der Waals surface area contributed by atoms with Crippen LogP contribution in [0.3, 0.4) is 0 Å². The topological polar surface area (TPSA) is 65.9 Å². The Morgan fingerprint density at radius 2 is 1.88 bits per heavy atom. The number of ether oxygens (including phenoxy) is 1. The molecule has 25 heavy (non-hydrogen) atoms. The largest absolute Gasteiger partial charge is 0.497 e. The molecule has 0 aliphatic heterocycles. The van der Waals surface area contributed by atoms with Gasteiger partial charge in [-0.2, -0.15) is 0 Å². The summed E-state index contributed by atoms with van der Waals surface area (Å²) in [5, 5.41) is 15.9. The number of nitrogens with zero attached hydrogens (tertiary/aromatic N) is 1. The van der Waals surface area contributed by atoms with Crippen LogP contribution in [0.5, 0.6) is 5.75 Å². The molecular weight excluding hydrogens is 429 g/mol. The highest BCUT2D eigenvalue weighted by atomic mass is 127. The molecule has 1 aromatic rings. The van der Waals surface area contributed by atoms with Gasteiger partial charge >= 0.3 is 0 Å².